The second-order valence-corrected chi connectivity index (χ2v) is 4.57. The minimum Gasteiger partial charge on any atom is -0.467 e. The Morgan fingerprint density at radius 2 is 1.90 bits per heavy atom. The molecule has 0 amide bonds. The highest BCUT2D eigenvalue weighted by Gasteiger charge is 2.09. The van der Waals surface area contributed by atoms with Crippen molar-refractivity contribution in [2.75, 3.05) is 19.0 Å². The van der Waals surface area contributed by atoms with Crippen LogP contribution in [0.2, 0.25) is 5.02 Å². The van der Waals surface area contributed by atoms with Gasteiger partial charge < -0.3 is 14.8 Å². The monoisotopic (exact) mass is 308 g/mol. The lowest BCUT2D eigenvalue weighted by Crippen LogP contribution is -2.06. The molecular weight excluding hydrogens is 292 g/mol. The van der Waals surface area contributed by atoms with Gasteiger partial charge in [-0.25, -0.2) is 0 Å². The summed E-state index contributed by atoms with van der Waals surface area (Å²) < 4.78 is 10.7. The maximum absolute atomic E-state index is 6.09. The molecule has 2 rings (SSSR count). The first-order valence-electron chi connectivity index (χ1n) is 6.66. The molecule has 0 spiro atoms. The third-order valence-corrected chi connectivity index (χ3v) is 3.09. The van der Waals surface area contributed by atoms with Gasteiger partial charge in [0.2, 0.25) is 5.95 Å². The van der Waals surface area contributed by atoms with Gasteiger partial charge in [-0.15, -0.1) is 4.98 Å². The maximum atomic E-state index is 6.09. The van der Waals surface area contributed by atoms with Crippen LogP contribution in [0.15, 0.2) is 18.2 Å². The maximum Gasteiger partial charge on any atom is 0.330 e. The number of methoxy groups -OCH3 is 1. The van der Waals surface area contributed by atoms with Crippen LogP contribution < -0.4 is 14.8 Å². The minimum absolute atomic E-state index is 0.169. The van der Waals surface area contributed by atoms with Crippen molar-refractivity contribution in [1.82, 2.24) is 15.0 Å². The summed E-state index contributed by atoms with van der Waals surface area (Å²) in [6.07, 6.45) is 0.819. The van der Waals surface area contributed by atoms with E-state index in [0.29, 0.717) is 23.3 Å². The van der Waals surface area contributed by atoms with Crippen molar-refractivity contribution in [3.63, 3.8) is 0 Å². The van der Waals surface area contributed by atoms with Gasteiger partial charge in [0.05, 0.1) is 7.11 Å². The van der Waals surface area contributed by atoms with Gasteiger partial charge >= 0.3 is 12.0 Å². The first-order valence-corrected chi connectivity index (χ1v) is 7.04. The van der Waals surface area contributed by atoms with Crippen molar-refractivity contribution in [3.8, 4) is 17.8 Å². The number of nitrogens with one attached hydrogen (secondary N) is 1. The molecule has 0 aliphatic rings. The molecule has 1 heterocycles. The first kappa shape index (κ1) is 15.3. The average Bonchev–Trinajstić information content (AvgIpc) is 2.49. The van der Waals surface area contributed by atoms with E-state index in [0.717, 1.165) is 12.0 Å². The van der Waals surface area contributed by atoms with Crippen LogP contribution in [-0.4, -0.2) is 28.6 Å². The number of halogens is 1. The van der Waals surface area contributed by atoms with Crippen molar-refractivity contribution in [1.29, 1.82) is 0 Å². The molecule has 0 atom stereocenters. The predicted molar refractivity (Wildman–Crippen MR) is 81.4 cm³/mol. The molecule has 112 valence electrons. The van der Waals surface area contributed by atoms with E-state index in [-0.39, 0.29) is 12.0 Å². The molecular formula is C14H17ClN4O2. The van der Waals surface area contributed by atoms with E-state index in [1.165, 1.54) is 7.11 Å². The Kier molecular flexibility index (Phi) is 5.16. The van der Waals surface area contributed by atoms with Gasteiger partial charge in [0, 0.05) is 11.6 Å². The van der Waals surface area contributed by atoms with Crippen LogP contribution in [0.4, 0.5) is 5.95 Å². The summed E-state index contributed by atoms with van der Waals surface area (Å²) in [5, 5.41) is 3.71. The molecule has 1 aromatic carbocycles. The molecule has 1 aromatic heterocycles. The zero-order valence-corrected chi connectivity index (χ0v) is 12.9. The zero-order chi connectivity index (χ0) is 15.2. The molecule has 0 unspecified atom stereocenters. The average molecular weight is 309 g/mol. The lowest BCUT2D eigenvalue weighted by atomic mass is 10.1. The minimum atomic E-state index is 0.169. The van der Waals surface area contributed by atoms with Gasteiger partial charge in [-0.05, 0) is 37.1 Å². The van der Waals surface area contributed by atoms with Crippen LogP contribution in [-0.2, 0) is 6.42 Å². The molecule has 0 bridgehead atoms. The Morgan fingerprint density at radius 3 is 2.57 bits per heavy atom. The molecule has 2 aromatic rings. The number of aryl methyl sites for hydroxylation is 1. The normalized spacial score (nSPS) is 10.3. The topological polar surface area (TPSA) is 69.2 Å². The van der Waals surface area contributed by atoms with Gasteiger partial charge in [-0.3, -0.25) is 0 Å². The number of anilines is 1. The smallest absolute Gasteiger partial charge is 0.330 e. The molecule has 0 aliphatic carbocycles. The standard InChI is InChI=1S/C14H17ClN4O2/c1-4-9-8-10(6-7-11(9)15)21-14-18-12(16-5-2)17-13(19-14)20-3/h6-8H,4-5H2,1-3H3,(H,16,17,18,19). The number of aromatic nitrogens is 3. The Hall–Kier alpha value is -2.08. The van der Waals surface area contributed by atoms with Gasteiger partial charge in [-0.1, -0.05) is 18.5 Å². The van der Waals surface area contributed by atoms with Crippen molar-refractivity contribution >= 4 is 17.5 Å². The summed E-state index contributed by atoms with van der Waals surface area (Å²) in [6, 6.07) is 5.79. The first-order chi connectivity index (χ1) is 10.2. The number of hydrogen-bond acceptors (Lipinski definition) is 6. The molecule has 0 fully saturated rings. The third-order valence-electron chi connectivity index (χ3n) is 2.72. The van der Waals surface area contributed by atoms with Crippen molar-refractivity contribution in [3.05, 3.63) is 28.8 Å². The van der Waals surface area contributed by atoms with Gasteiger partial charge in [0.15, 0.2) is 0 Å². The summed E-state index contributed by atoms with van der Waals surface area (Å²) in [4.78, 5) is 12.3. The Morgan fingerprint density at radius 1 is 1.14 bits per heavy atom. The van der Waals surface area contributed by atoms with Gasteiger partial charge in [-0.2, -0.15) is 9.97 Å². The van der Waals surface area contributed by atoms with Crippen LogP contribution >= 0.6 is 11.6 Å². The van der Waals surface area contributed by atoms with E-state index in [2.05, 4.69) is 20.3 Å². The Labute approximate surface area is 128 Å². The van der Waals surface area contributed by atoms with Crippen molar-refractivity contribution < 1.29 is 9.47 Å². The number of ether oxygens (including phenoxy) is 2. The Balaban J connectivity index is 2.27. The van der Waals surface area contributed by atoms with Gasteiger partial charge in [0.25, 0.3) is 0 Å². The predicted octanol–water partition coefficient (Wildman–Crippen LogP) is 3.32. The second-order valence-electron chi connectivity index (χ2n) is 4.17. The van der Waals surface area contributed by atoms with E-state index in [4.69, 9.17) is 21.1 Å². The van der Waals surface area contributed by atoms with E-state index in [9.17, 15) is 0 Å². The fraction of sp³-hybridized carbons (Fsp3) is 0.357. The fourth-order valence-electron chi connectivity index (χ4n) is 1.70. The third kappa shape index (κ3) is 3.95. The van der Waals surface area contributed by atoms with Crippen LogP contribution in [0, 0.1) is 0 Å². The summed E-state index contributed by atoms with van der Waals surface area (Å²) in [7, 11) is 1.49. The van der Waals surface area contributed by atoms with Crippen molar-refractivity contribution in [2.45, 2.75) is 20.3 Å². The van der Waals surface area contributed by atoms with E-state index in [1.54, 1.807) is 12.1 Å². The van der Waals surface area contributed by atoms with Crippen molar-refractivity contribution in [2.24, 2.45) is 0 Å². The van der Waals surface area contributed by atoms with E-state index < -0.39 is 0 Å². The number of hydrogen-bond donors (Lipinski definition) is 1. The summed E-state index contributed by atoms with van der Waals surface area (Å²) in [6.45, 7) is 4.66. The van der Waals surface area contributed by atoms with E-state index >= 15 is 0 Å². The molecule has 0 radical (unpaired) electrons. The molecule has 1 N–H and O–H groups in total. The lowest BCUT2D eigenvalue weighted by molar-refractivity contribution is 0.360. The molecule has 21 heavy (non-hydrogen) atoms. The molecule has 6 nitrogen and oxygen atoms in total. The van der Waals surface area contributed by atoms with Crippen LogP contribution in [0.3, 0.4) is 0 Å². The second kappa shape index (κ2) is 7.08. The van der Waals surface area contributed by atoms with Crippen LogP contribution in [0.25, 0.3) is 0 Å². The van der Waals surface area contributed by atoms with Gasteiger partial charge in [0.1, 0.15) is 5.75 Å². The fourth-order valence-corrected chi connectivity index (χ4v) is 1.95. The molecule has 0 saturated carbocycles. The Bertz CT molecular complexity index is 622. The summed E-state index contributed by atoms with van der Waals surface area (Å²) in [5.41, 5.74) is 1.00. The molecule has 7 heteroatoms. The summed E-state index contributed by atoms with van der Waals surface area (Å²) >= 11 is 6.09. The van der Waals surface area contributed by atoms with Crippen LogP contribution in [0.1, 0.15) is 19.4 Å². The number of rotatable bonds is 6. The number of nitrogens with zero attached hydrogens (tertiary/aromatic N) is 3. The molecule has 0 saturated heterocycles. The summed E-state index contributed by atoms with van der Waals surface area (Å²) in [5.74, 6) is 1.02. The lowest BCUT2D eigenvalue weighted by Gasteiger charge is -2.09. The SMILES string of the molecule is CCNc1nc(OC)nc(Oc2ccc(Cl)c(CC)c2)n1. The zero-order valence-electron chi connectivity index (χ0n) is 12.2. The highest BCUT2D eigenvalue weighted by atomic mass is 35.5. The van der Waals surface area contributed by atoms with E-state index in [1.807, 2.05) is 19.9 Å². The number of benzene rings is 1. The van der Waals surface area contributed by atoms with Crippen LogP contribution in [0.5, 0.6) is 17.8 Å². The highest BCUT2D eigenvalue weighted by Crippen LogP contribution is 2.26. The quantitative estimate of drug-likeness (QED) is 0.883. The molecule has 0 aliphatic heterocycles. The largest absolute Gasteiger partial charge is 0.467 e. The highest BCUT2D eigenvalue weighted by molar-refractivity contribution is 6.31.